The molecule has 0 heterocycles. The van der Waals surface area contributed by atoms with E-state index in [2.05, 4.69) is 4.74 Å². The number of aliphatic hydroxyl groups excluding tert-OH is 2. The average molecular weight is 206 g/mol. The standard InChI is InChI=1S/C6H14O2.C4H8O2/c1-3-5(7)6(8)4-2;1-3-6-4(2)5/h5-8H,3-4H2,1-2H3;3H2,1-2H3. The molecule has 0 spiro atoms. The predicted molar refractivity (Wildman–Crippen MR) is 54.9 cm³/mol. The third-order valence-corrected chi connectivity index (χ3v) is 1.63. The summed E-state index contributed by atoms with van der Waals surface area (Å²) in [7, 11) is 0. The highest BCUT2D eigenvalue weighted by Gasteiger charge is 2.09. The number of aliphatic hydroxyl groups is 2. The zero-order valence-electron chi connectivity index (χ0n) is 9.49. The minimum atomic E-state index is -0.528. The largest absolute Gasteiger partial charge is 0.466 e. The third kappa shape index (κ3) is 11.4. The molecule has 2 unspecified atom stereocenters. The fourth-order valence-corrected chi connectivity index (χ4v) is 0.747. The Kier molecular flexibility index (Phi) is 11.9. The summed E-state index contributed by atoms with van der Waals surface area (Å²) in [6, 6.07) is 0. The van der Waals surface area contributed by atoms with Crippen LogP contribution in [0.2, 0.25) is 0 Å². The van der Waals surface area contributed by atoms with Crippen LogP contribution in [0.5, 0.6) is 0 Å². The molecule has 0 aliphatic carbocycles. The number of carbonyl (C=O) groups excluding carboxylic acids is 1. The van der Waals surface area contributed by atoms with Gasteiger partial charge in [-0.05, 0) is 19.8 Å². The lowest BCUT2D eigenvalue weighted by atomic mass is 10.1. The van der Waals surface area contributed by atoms with Gasteiger partial charge in [-0.2, -0.15) is 0 Å². The summed E-state index contributed by atoms with van der Waals surface area (Å²) >= 11 is 0. The highest BCUT2D eigenvalue weighted by molar-refractivity contribution is 5.65. The van der Waals surface area contributed by atoms with Gasteiger partial charge in [-0.1, -0.05) is 13.8 Å². The molecule has 0 radical (unpaired) electrons. The quantitative estimate of drug-likeness (QED) is 0.676. The Morgan fingerprint density at radius 2 is 1.50 bits per heavy atom. The van der Waals surface area contributed by atoms with Gasteiger partial charge in [0.25, 0.3) is 0 Å². The molecule has 0 aliphatic heterocycles. The van der Waals surface area contributed by atoms with E-state index in [0.29, 0.717) is 19.4 Å². The van der Waals surface area contributed by atoms with Crippen LogP contribution in [-0.4, -0.2) is 35.0 Å². The first-order chi connectivity index (χ1) is 6.49. The molecule has 0 saturated heterocycles. The molecule has 0 amide bonds. The van der Waals surface area contributed by atoms with Crippen molar-refractivity contribution in [2.45, 2.75) is 52.7 Å². The summed E-state index contributed by atoms with van der Waals surface area (Å²) in [5, 5.41) is 17.8. The lowest BCUT2D eigenvalue weighted by Crippen LogP contribution is -2.23. The Labute approximate surface area is 85.9 Å². The normalized spacial score (nSPS) is 13.6. The molecule has 0 aromatic rings. The summed E-state index contributed by atoms with van der Waals surface area (Å²) in [5.41, 5.74) is 0. The van der Waals surface area contributed by atoms with Crippen molar-refractivity contribution < 1.29 is 19.7 Å². The number of carbonyl (C=O) groups is 1. The van der Waals surface area contributed by atoms with E-state index in [9.17, 15) is 4.79 Å². The molecule has 86 valence electrons. The summed E-state index contributed by atoms with van der Waals surface area (Å²) < 4.78 is 4.40. The maximum Gasteiger partial charge on any atom is 0.302 e. The van der Waals surface area contributed by atoms with Crippen LogP contribution >= 0.6 is 0 Å². The van der Waals surface area contributed by atoms with E-state index < -0.39 is 12.2 Å². The molecule has 0 rings (SSSR count). The average Bonchev–Trinajstić information content (AvgIpc) is 2.16. The summed E-state index contributed by atoms with van der Waals surface area (Å²) in [6.07, 6.45) is 0.212. The van der Waals surface area contributed by atoms with Crippen LogP contribution < -0.4 is 0 Å². The topological polar surface area (TPSA) is 66.8 Å². The van der Waals surface area contributed by atoms with Crippen molar-refractivity contribution in [1.29, 1.82) is 0 Å². The van der Waals surface area contributed by atoms with Crippen LogP contribution in [0.25, 0.3) is 0 Å². The highest BCUT2D eigenvalue weighted by atomic mass is 16.5. The minimum absolute atomic E-state index is 0.211. The smallest absolute Gasteiger partial charge is 0.302 e. The Bertz CT molecular complexity index is 128. The van der Waals surface area contributed by atoms with Crippen molar-refractivity contribution >= 4 is 5.97 Å². The van der Waals surface area contributed by atoms with Crippen molar-refractivity contribution in [3.63, 3.8) is 0 Å². The first-order valence-corrected chi connectivity index (χ1v) is 4.98. The van der Waals surface area contributed by atoms with Gasteiger partial charge in [0.1, 0.15) is 0 Å². The maximum absolute atomic E-state index is 9.82. The van der Waals surface area contributed by atoms with Crippen LogP contribution in [0.4, 0.5) is 0 Å². The molecule has 4 heteroatoms. The van der Waals surface area contributed by atoms with Crippen molar-refractivity contribution in [2.75, 3.05) is 6.61 Å². The molecule has 0 aromatic heterocycles. The Balaban J connectivity index is 0. The third-order valence-electron chi connectivity index (χ3n) is 1.63. The van der Waals surface area contributed by atoms with Gasteiger partial charge in [-0.3, -0.25) is 4.79 Å². The summed E-state index contributed by atoms with van der Waals surface area (Å²) in [5.74, 6) is -0.211. The first kappa shape index (κ1) is 15.8. The fraction of sp³-hybridized carbons (Fsp3) is 0.900. The molecular weight excluding hydrogens is 184 g/mol. The Morgan fingerprint density at radius 1 is 1.14 bits per heavy atom. The van der Waals surface area contributed by atoms with Gasteiger partial charge in [0.05, 0.1) is 18.8 Å². The Morgan fingerprint density at radius 3 is 1.57 bits per heavy atom. The van der Waals surface area contributed by atoms with Crippen LogP contribution in [0.3, 0.4) is 0 Å². The zero-order valence-corrected chi connectivity index (χ0v) is 9.49. The van der Waals surface area contributed by atoms with Gasteiger partial charge in [0.15, 0.2) is 0 Å². The maximum atomic E-state index is 9.82. The fourth-order valence-electron chi connectivity index (χ4n) is 0.747. The summed E-state index contributed by atoms with van der Waals surface area (Å²) in [6.45, 7) is 7.35. The van der Waals surface area contributed by atoms with E-state index in [1.54, 1.807) is 6.92 Å². The second-order valence-corrected chi connectivity index (χ2v) is 2.88. The van der Waals surface area contributed by atoms with Crippen molar-refractivity contribution in [3.8, 4) is 0 Å². The van der Waals surface area contributed by atoms with Gasteiger partial charge in [-0.25, -0.2) is 0 Å². The Hall–Kier alpha value is -0.610. The van der Waals surface area contributed by atoms with E-state index >= 15 is 0 Å². The van der Waals surface area contributed by atoms with Gasteiger partial charge >= 0.3 is 5.97 Å². The highest BCUT2D eigenvalue weighted by Crippen LogP contribution is 2.00. The van der Waals surface area contributed by atoms with Crippen LogP contribution in [0, 0.1) is 0 Å². The number of hydrogen-bond acceptors (Lipinski definition) is 4. The summed E-state index contributed by atoms with van der Waals surface area (Å²) in [4.78, 5) is 9.82. The van der Waals surface area contributed by atoms with Crippen molar-refractivity contribution in [2.24, 2.45) is 0 Å². The molecule has 0 bridgehead atoms. The van der Waals surface area contributed by atoms with E-state index in [4.69, 9.17) is 10.2 Å². The van der Waals surface area contributed by atoms with Crippen LogP contribution in [0.1, 0.15) is 40.5 Å². The van der Waals surface area contributed by atoms with Gasteiger partial charge in [-0.15, -0.1) is 0 Å². The van der Waals surface area contributed by atoms with E-state index in [1.807, 2.05) is 13.8 Å². The number of rotatable bonds is 4. The molecule has 2 atom stereocenters. The lowest BCUT2D eigenvalue weighted by Gasteiger charge is -2.12. The van der Waals surface area contributed by atoms with Gasteiger partial charge in [0, 0.05) is 6.92 Å². The molecule has 0 aromatic carbocycles. The molecular formula is C10H22O4. The van der Waals surface area contributed by atoms with E-state index in [-0.39, 0.29) is 5.97 Å². The van der Waals surface area contributed by atoms with Crippen LogP contribution in [0.15, 0.2) is 0 Å². The van der Waals surface area contributed by atoms with E-state index in [0.717, 1.165) is 0 Å². The molecule has 4 nitrogen and oxygen atoms in total. The lowest BCUT2D eigenvalue weighted by molar-refractivity contribution is -0.140. The molecule has 14 heavy (non-hydrogen) atoms. The zero-order chi connectivity index (χ0) is 11.6. The van der Waals surface area contributed by atoms with Crippen molar-refractivity contribution in [3.05, 3.63) is 0 Å². The van der Waals surface area contributed by atoms with Gasteiger partial charge in [0.2, 0.25) is 0 Å². The predicted octanol–water partition coefficient (Wildman–Crippen LogP) is 1.10. The SMILES string of the molecule is CCC(O)C(O)CC.CCOC(C)=O. The molecule has 0 saturated carbocycles. The van der Waals surface area contributed by atoms with E-state index in [1.165, 1.54) is 6.92 Å². The minimum Gasteiger partial charge on any atom is -0.466 e. The van der Waals surface area contributed by atoms with Crippen LogP contribution in [-0.2, 0) is 9.53 Å². The van der Waals surface area contributed by atoms with Crippen molar-refractivity contribution in [1.82, 2.24) is 0 Å². The molecule has 0 fully saturated rings. The van der Waals surface area contributed by atoms with Gasteiger partial charge < -0.3 is 14.9 Å². The number of esters is 1. The molecule has 2 N–H and O–H groups in total. The number of hydrogen-bond donors (Lipinski definition) is 2. The first-order valence-electron chi connectivity index (χ1n) is 4.98. The monoisotopic (exact) mass is 206 g/mol. The second kappa shape index (κ2) is 10.5. The second-order valence-electron chi connectivity index (χ2n) is 2.88. The number of ether oxygens (including phenoxy) is 1. The molecule has 0 aliphatic rings.